The molecule has 1 aliphatic rings. The maximum Gasteiger partial charge on any atom is 0.0525 e. The van der Waals surface area contributed by atoms with E-state index in [9.17, 15) is 0 Å². The Labute approximate surface area is 129 Å². The Kier molecular flexibility index (Phi) is 4.48. The van der Waals surface area contributed by atoms with Crippen molar-refractivity contribution in [1.29, 1.82) is 0 Å². The van der Waals surface area contributed by atoms with Gasteiger partial charge in [-0.3, -0.25) is 0 Å². The SMILES string of the molecule is C=CCSc1ccccc1NC1CCCc2sccc21. The third-order valence-corrected chi connectivity index (χ3v) is 5.69. The predicted molar refractivity (Wildman–Crippen MR) is 91.0 cm³/mol. The number of thiophene rings is 1. The minimum absolute atomic E-state index is 0.468. The molecular formula is C17H19NS2. The van der Waals surface area contributed by atoms with Crippen LogP contribution in [0.5, 0.6) is 0 Å². The van der Waals surface area contributed by atoms with Crippen LogP contribution in [0.15, 0.2) is 53.3 Å². The van der Waals surface area contributed by atoms with Crippen LogP contribution in [-0.2, 0) is 6.42 Å². The lowest BCUT2D eigenvalue weighted by Crippen LogP contribution is -2.16. The van der Waals surface area contributed by atoms with Crippen molar-refractivity contribution in [2.24, 2.45) is 0 Å². The van der Waals surface area contributed by atoms with E-state index in [2.05, 4.69) is 47.6 Å². The molecule has 2 aromatic rings. The molecule has 1 aromatic heterocycles. The largest absolute Gasteiger partial charge is 0.377 e. The first-order valence-corrected chi connectivity index (χ1v) is 8.90. The van der Waals surface area contributed by atoms with Gasteiger partial charge in [-0.15, -0.1) is 29.7 Å². The fraction of sp³-hybridized carbons (Fsp3) is 0.294. The third kappa shape index (κ3) is 2.94. The van der Waals surface area contributed by atoms with Crippen molar-refractivity contribution in [3.63, 3.8) is 0 Å². The summed E-state index contributed by atoms with van der Waals surface area (Å²) in [6, 6.07) is 11.3. The summed E-state index contributed by atoms with van der Waals surface area (Å²) < 4.78 is 0. The molecule has 1 heterocycles. The number of thioether (sulfide) groups is 1. The van der Waals surface area contributed by atoms with Crippen molar-refractivity contribution in [1.82, 2.24) is 0 Å². The highest BCUT2D eigenvalue weighted by Crippen LogP contribution is 2.37. The van der Waals surface area contributed by atoms with Crippen molar-refractivity contribution in [3.05, 3.63) is 58.8 Å². The number of rotatable bonds is 5. The summed E-state index contributed by atoms with van der Waals surface area (Å²) in [6.07, 6.45) is 5.72. The maximum atomic E-state index is 3.80. The van der Waals surface area contributed by atoms with E-state index in [0.717, 1.165) is 5.75 Å². The van der Waals surface area contributed by atoms with Gasteiger partial charge in [-0.1, -0.05) is 18.2 Å². The Morgan fingerprint density at radius 3 is 3.15 bits per heavy atom. The highest BCUT2D eigenvalue weighted by molar-refractivity contribution is 7.99. The van der Waals surface area contributed by atoms with Crippen LogP contribution in [0.3, 0.4) is 0 Å². The molecule has 0 saturated carbocycles. The Hall–Kier alpha value is -1.19. The van der Waals surface area contributed by atoms with Crippen LogP contribution < -0.4 is 5.32 Å². The first-order valence-electron chi connectivity index (χ1n) is 7.04. The van der Waals surface area contributed by atoms with Crippen molar-refractivity contribution < 1.29 is 0 Å². The second-order valence-electron chi connectivity index (χ2n) is 4.98. The van der Waals surface area contributed by atoms with Crippen LogP contribution in [0.2, 0.25) is 0 Å². The zero-order valence-corrected chi connectivity index (χ0v) is 13.1. The van der Waals surface area contributed by atoms with Gasteiger partial charge >= 0.3 is 0 Å². The van der Waals surface area contributed by atoms with Gasteiger partial charge in [-0.05, 0) is 48.4 Å². The number of aryl methyl sites for hydroxylation is 1. The van der Waals surface area contributed by atoms with Gasteiger partial charge in [-0.25, -0.2) is 0 Å². The minimum Gasteiger partial charge on any atom is -0.377 e. The fourth-order valence-corrected chi connectivity index (χ4v) is 4.43. The molecule has 0 radical (unpaired) electrons. The number of fused-ring (bicyclic) bond motifs is 1. The highest BCUT2D eigenvalue weighted by atomic mass is 32.2. The first-order chi connectivity index (χ1) is 9.88. The Morgan fingerprint density at radius 1 is 1.35 bits per heavy atom. The van der Waals surface area contributed by atoms with E-state index in [0.29, 0.717) is 6.04 Å². The lowest BCUT2D eigenvalue weighted by atomic mass is 9.94. The molecular weight excluding hydrogens is 282 g/mol. The minimum atomic E-state index is 0.468. The molecule has 0 saturated heterocycles. The molecule has 0 amide bonds. The normalized spacial score (nSPS) is 17.5. The summed E-state index contributed by atoms with van der Waals surface area (Å²) in [6.45, 7) is 3.80. The summed E-state index contributed by atoms with van der Waals surface area (Å²) in [4.78, 5) is 2.87. The van der Waals surface area contributed by atoms with Crippen LogP contribution in [0.4, 0.5) is 5.69 Å². The molecule has 104 valence electrons. The zero-order chi connectivity index (χ0) is 13.8. The first kappa shape index (κ1) is 13.8. The smallest absolute Gasteiger partial charge is 0.0525 e. The monoisotopic (exact) mass is 301 g/mol. The second kappa shape index (κ2) is 6.51. The van der Waals surface area contributed by atoms with Crippen molar-refractivity contribution in [3.8, 4) is 0 Å². The Balaban J connectivity index is 1.80. The van der Waals surface area contributed by atoms with Gasteiger partial charge in [0.05, 0.1) is 6.04 Å². The van der Waals surface area contributed by atoms with Gasteiger partial charge in [0, 0.05) is 21.2 Å². The van der Waals surface area contributed by atoms with Crippen molar-refractivity contribution >= 4 is 28.8 Å². The second-order valence-corrected chi connectivity index (χ2v) is 7.05. The number of hydrogen-bond acceptors (Lipinski definition) is 3. The van der Waals surface area contributed by atoms with E-state index < -0.39 is 0 Å². The van der Waals surface area contributed by atoms with Crippen LogP contribution in [0, 0.1) is 0 Å². The average Bonchev–Trinajstić information content (AvgIpc) is 2.96. The van der Waals surface area contributed by atoms with Crippen LogP contribution >= 0.6 is 23.1 Å². The summed E-state index contributed by atoms with van der Waals surface area (Å²) in [7, 11) is 0. The molecule has 1 N–H and O–H groups in total. The van der Waals surface area contributed by atoms with E-state index in [1.165, 1.54) is 35.4 Å². The average molecular weight is 301 g/mol. The fourth-order valence-electron chi connectivity index (χ4n) is 2.68. The summed E-state index contributed by atoms with van der Waals surface area (Å²) in [5.74, 6) is 0.951. The molecule has 20 heavy (non-hydrogen) atoms. The molecule has 1 unspecified atom stereocenters. The number of nitrogens with one attached hydrogen (secondary N) is 1. The quantitative estimate of drug-likeness (QED) is 0.577. The molecule has 1 nitrogen and oxygen atoms in total. The topological polar surface area (TPSA) is 12.0 Å². The number of benzene rings is 1. The van der Waals surface area contributed by atoms with Crippen LogP contribution in [-0.4, -0.2) is 5.75 Å². The van der Waals surface area contributed by atoms with Crippen LogP contribution in [0.1, 0.15) is 29.3 Å². The maximum absolute atomic E-state index is 3.80. The molecule has 1 aliphatic carbocycles. The molecule has 0 spiro atoms. The molecule has 1 atom stereocenters. The van der Waals surface area contributed by atoms with E-state index in [1.807, 2.05) is 29.2 Å². The predicted octanol–water partition coefficient (Wildman–Crippen LogP) is 5.52. The zero-order valence-electron chi connectivity index (χ0n) is 11.5. The van der Waals surface area contributed by atoms with Gasteiger partial charge in [0.2, 0.25) is 0 Å². The Bertz CT molecular complexity index is 588. The van der Waals surface area contributed by atoms with Gasteiger partial charge in [0.25, 0.3) is 0 Å². The summed E-state index contributed by atoms with van der Waals surface area (Å²) >= 11 is 3.74. The van der Waals surface area contributed by atoms with Gasteiger partial charge < -0.3 is 5.32 Å². The van der Waals surface area contributed by atoms with Gasteiger partial charge in [-0.2, -0.15) is 0 Å². The number of hydrogen-bond donors (Lipinski definition) is 1. The molecule has 3 rings (SSSR count). The van der Waals surface area contributed by atoms with E-state index in [1.54, 1.807) is 4.88 Å². The van der Waals surface area contributed by atoms with Crippen LogP contribution in [0.25, 0.3) is 0 Å². The van der Waals surface area contributed by atoms with Gasteiger partial charge in [0.15, 0.2) is 0 Å². The van der Waals surface area contributed by atoms with Gasteiger partial charge in [0.1, 0.15) is 0 Å². The standard InChI is InChI=1S/C17H19NS2/c1-2-11-19-17-8-4-3-6-15(17)18-14-7-5-9-16-13(14)10-12-20-16/h2-4,6,8,10,12,14,18H,1,5,7,9,11H2. The number of para-hydroxylation sites is 1. The van der Waals surface area contributed by atoms with E-state index in [-0.39, 0.29) is 0 Å². The lowest BCUT2D eigenvalue weighted by Gasteiger charge is -2.25. The molecule has 0 bridgehead atoms. The molecule has 0 fully saturated rings. The molecule has 3 heteroatoms. The van der Waals surface area contributed by atoms with E-state index in [4.69, 9.17) is 0 Å². The summed E-state index contributed by atoms with van der Waals surface area (Å²) in [5, 5.41) is 5.98. The third-order valence-electron chi connectivity index (χ3n) is 3.63. The van der Waals surface area contributed by atoms with E-state index >= 15 is 0 Å². The highest BCUT2D eigenvalue weighted by Gasteiger charge is 2.21. The molecule has 1 aromatic carbocycles. The Morgan fingerprint density at radius 2 is 2.25 bits per heavy atom. The van der Waals surface area contributed by atoms with Crippen molar-refractivity contribution in [2.45, 2.75) is 30.2 Å². The number of anilines is 1. The van der Waals surface area contributed by atoms with Crippen molar-refractivity contribution in [2.75, 3.05) is 11.1 Å². The molecule has 0 aliphatic heterocycles. The lowest BCUT2D eigenvalue weighted by molar-refractivity contribution is 0.608. The summed E-state index contributed by atoms with van der Waals surface area (Å²) in [5.41, 5.74) is 2.76.